The van der Waals surface area contributed by atoms with Crippen molar-refractivity contribution in [3.05, 3.63) is 46.3 Å². The Hall–Kier alpha value is -1.81. The molecule has 1 heterocycles. The molecule has 1 aromatic heterocycles. The Kier molecular flexibility index (Phi) is 5.30. The van der Waals surface area contributed by atoms with E-state index in [4.69, 9.17) is 9.26 Å². The van der Waals surface area contributed by atoms with E-state index in [9.17, 15) is 0 Å². The molecule has 1 saturated carbocycles. The number of hydrogen-bond acceptors (Lipinski definition) is 4. The molecule has 2 atom stereocenters. The summed E-state index contributed by atoms with van der Waals surface area (Å²) in [5.41, 5.74) is 5.29. The number of rotatable bonds is 7. The van der Waals surface area contributed by atoms with E-state index in [2.05, 4.69) is 35.6 Å². The first kappa shape index (κ1) is 17.6. The molecule has 26 heavy (non-hydrogen) atoms. The SMILES string of the molecule is CCOc1cc2c(cc1CN[C@@H]1CCC[C@H]1Cc1cc(C)no1)CCC2. The molecule has 4 rings (SSSR count). The third-order valence-corrected chi connectivity index (χ3v) is 5.93. The zero-order valence-corrected chi connectivity index (χ0v) is 16.0. The number of nitrogens with one attached hydrogen (secondary N) is 1. The zero-order chi connectivity index (χ0) is 17.9. The summed E-state index contributed by atoms with van der Waals surface area (Å²) >= 11 is 0. The van der Waals surface area contributed by atoms with Gasteiger partial charge in [-0.15, -0.1) is 0 Å². The van der Waals surface area contributed by atoms with Crippen LogP contribution in [0.1, 0.15) is 60.8 Å². The van der Waals surface area contributed by atoms with E-state index >= 15 is 0 Å². The first-order valence-electron chi connectivity index (χ1n) is 10.2. The van der Waals surface area contributed by atoms with Crippen LogP contribution in [0.25, 0.3) is 0 Å². The van der Waals surface area contributed by atoms with Crippen molar-refractivity contribution >= 4 is 0 Å². The second kappa shape index (κ2) is 7.83. The van der Waals surface area contributed by atoms with Crippen LogP contribution in [0.3, 0.4) is 0 Å². The largest absolute Gasteiger partial charge is 0.494 e. The second-order valence-electron chi connectivity index (χ2n) is 7.83. The minimum absolute atomic E-state index is 0.545. The lowest BCUT2D eigenvalue weighted by Gasteiger charge is -2.21. The lowest BCUT2D eigenvalue weighted by Crippen LogP contribution is -2.33. The van der Waals surface area contributed by atoms with Gasteiger partial charge in [0.2, 0.25) is 0 Å². The fourth-order valence-electron chi connectivity index (χ4n) is 4.64. The fourth-order valence-corrected chi connectivity index (χ4v) is 4.64. The molecule has 140 valence electrons. The van der Waals surface area contributed by atoms with Crippen LogP contribution in [0.2, 0.25) is 0 Å². The third kappa shape index (κ3) is 3.80. The molecule has 0 amide bonds. The summed E-state index contributed by atoms with van der Waals surface area (Å²) in [7, 11) is 0. The molecule has 1 N–H and O–H groups in total. The van der Waals surface area contributed by atoms with Crippen molar-refractivity contribution < 1.29 is 9.26 Å². The van der Waals surface area contributed by atoms with Gasteiger partial charge < -0.3 is 14.6 Å². The highest BCUT2D eigenvalue weighted by Gasteiger charge is 2.28. The van der Waals surface area contributed by atoms with Crippen molar-refractivity contribution in [2.75, 3.05) is 6.61 Å². The van der Waals surface area contributed by atoms with Gasteiger partial charge in [0.25, 0.3) is 0 Å². The fraction of sp³-hybridized carbons (Fsp3) is 0.591. The van der Waals surface area contributed by atoms with Gasteiger partial charge in [-0.25, -0.2) is 0 Å². The number of benzene rings is 1. The predicted molar refractivity (Wildman–Crippen MR) is 103 cm³/mol. The molecule has 0 aliphatic heterocycles. The standard InChI is InChI=1S/C22H30N2O2/c1-3-25-22-13-17-7-4-6-16(17)11-19(22)14-23-21-9-5-8-18(21)12-20-10-15(2)24-26-20/h10-11,13,18,21,23H,3-9,12,14H2,1-2H3/t18-,21+/m0/s1. The Labute approximate surface area is 156 Å². The summed E-state index contributed by atoms with van der Waals surface area (Å²) in [4.78, 5) is 0. The number of hydrogen-bond donors (Lipinski definition) is 1. The zero-order valence-electron chi connectivity index (χ0n) is 16.0. The molecule has 2 aromatic rings. The van der Waals surface area contributed by atoms with Crippen LogP contribution < -0.4 is 10.1 Å². The Morgan fingerprint density at radius 2 is 2.00 bits per heavy atom. The Bertz CT molecular complexity index is 753. The van der Waals surface area contributed by atoms with Crippen molar-refractivity contribution in [1.29, 1.82) is 0 Å². The van der Waals surface area contributed by atoms with Crippen molar-refractivity contribution in [2.45, 2.75) is 71.4 Å². The van der Waals surface area contributed by atoms with Gasteiger partial charge in [0.05, 0.1) is 12.3 Å². The van der Waals surface area contributed by atoms with Crippen LogP contribution in [0, 0.1) is 12.8 Å². The minimum Gasteiger partial charge on any atom is -0.494 e. The third-order valence-electron chi connectivity index (χ3n) is 5.93. The van der Waals surface area contributed by atoms with E-state index in [1.807, 2.05) is 6.92 Å². The van der Waals surface area contributed by atoms with E-state index in [-0.39, 0.29) is 0 Å². The molecule has 2 aliphatic rings. The highest BCUT2D eigenvalue weighted by Crippen LogP contribution is 2.32. The predicted octanol–water partition coefficient (Wildman–Crippen LogP) is 4.37. The number of fused-ring (bicyclic) bond motifs is 1. The molecular formula is C22H30N2O2. The second-order valence-corrected chi connectivity index (χ2v) is 7.83. The van der Waals surface area contributed by atoms with E-state index in [1.165, 1.54) is 55.2 Å². The molecule has 4 nitrogen and oxygen atoms in total. The molecule has 1 aromatic carbocycles. The molecule has 0 bridgehead atoms. The maximum atomic E-state index is 5.94. The molecule has 0 saturated heterocycles. The van der Waals surface area contributed by atoms with Crippen LogP contribution in [0.15, 0.2) is 22.7 Å². The van der Waals surface area contributed by atoms with Crippen LogP contribution >= 0.6 is 0 Å². The molecule has 0 unspecified atom stereocenters. The van der Waals surface area contributed by atoms with Crippen LogP contribution in [-0.4, -0.2) is 17.8 Å². The van der Waals surface area contributed by atoms with Crippen molar-refractivity contribution in [2.24, 2.45) is 5.92 Å². The van der Waals surface area contributed by atoms with E-state index in [0.717, 1.165) is 36.8 Å². The van der Waals surface area contributed by atoms with Gasteiger partial charge in [-0.05, 0) is 69.1 Å². The maximum Gasteiger partial charge on any atom is 0.137 e. The number of aromatic nitrogens is 1. The first-order chi connectivity index (χ1) is 12.7. The molecule has 4 heteroatoms. The summed E-state index contributed by atoms with van der Waals surface area (Å²) in [6.07, 6.45) is 8.47. The van der Waals surface area contributed by atoms with Crippen molar-refractivity contribution in [1.82, 2.24) is 10.5 Å². The Morgan fingerprint density at radius 3 is 2.77 bits per heavy atom. The lowest BCUT2D eigenvalue weighted by molar-refractivity contribution is 0.321. The van der Waals surface area contributed by atoms with Gasteiger partial charge >= 0.3 is 0 Å². The highest BCUT2D eigenvalue weighted by molar-refractivity contribution is 5.44. The van der Waals surface area contributed by atoms with E-state index < -0.39 is 0 Å². The average Bonchev–Trinajstić information content (AvgIpc) is 3.35. The summed E-state index contributed by atoms with van der Waals surface area (Å²) in [5, 5.41) is 7.85. The van der Waals surface area contributed by atoms with Crippen molar-refractivity contribution in [3.8, 4) is 5.75 Å². The van der Waals surface area contributed by atoms with Gasteiger partial charge in [0.1, 0.15) is 11.5 Å². The molecule has 1 fully saturated rings. The topological polar surface area (TPSA) is 47.3 Å². The Morgan fingerprint density at radius 1 is 1.15 bits per heavy atom. The summed E-state index contributed by atoms with van der Waals surface area (Å²) < 4.78 is 11.4. The van der Waals surface area contributed by atoms with Gasteiger partial charge in [0, 0.05) is 30.6 Å². The normalized spacial score (nSPS) is 21.9. The molecule has 2 aliphatic carbocycles. The van der Waals surface area contributed by atoms with E-state index in [1.54, 1.807) is 0 Å². The highest BCUT2D eigenvalue weighted by atomic mass is 16.5. The summed E-state index contributed by atoms with van der Waals surface area (Å²) in [6.45, 7) is 5.67. The van der Waals surface area contributed by atoms with Gasteiger partial charge in [-0.2, -0.15) is 0 Å². The summed E-state index contributed by atoms with van der Waals surface area (Å²) in [5.74, 6) is 2.72. The molecule has 0 spiro atoms. The average molecular weight is 354 g/mol. The van der Waals surface area contributed by atoms with Crippen LogP contribution in [0.5, 0.6) is 5.75 Å². The number of aryl methyl sites for hydroxylation is 3. The summed E-state index contributed by atoms with van der Waals surface area (Å²) in [6, 6.07) is 7.28. The molecule has 0 radical (unpaired) electrons. The number of ether oxygens (including phenoxy) is 1. The number of nitrogens with zero attached hydrogens (tertiary/aromatic N) is 1. The van der Waals surface area contributed by atoms with Gasteiger partial charge in [-0.3, -0.25) is 0 Å². The minimum atomic E-state index is 0.545. The maximum absolute atomic E-state index is 5.94. The first-order valence-corrected chi connectivity index (χ1v) is 10.2. The lowest BCUT2D eigenvalue weighted by atomic mass is 9.97. The Balaban J connectivity index is 1.42. The quantitative estimate of drug-likeness (QED) is 0.802. The smallest absolute Gasteiger partial charge is 0.137 e. The van der Waals surface area contributed by atoms with Gasteiger partial charge in [-0.1, -0.05) is 17.6 Å². The molecular weight excluding hydrogens is 324 g/mol. The monoisotopic (exact) mass is 354 g/mol. The van der Waals surface area contributed by atoms with Crippen LogP contribution in [-0.2, 0) is 25.8 Å². The van der Waals surface area contributed by atoms with Crippen molar-refractivity contribution in [3.63, 3.8) is 0 Å². The van der Waals surface area contributed by atoms with Gasteiger partial charge in [0.15, 0.2) is 0 Å². The van der Waals surface area contributed by atoms with E-state index in [0.29, 0.717) is 12.0 Å². The van der Waals surface area contributed by atoms with Crippen LogP contribution in [0.4, 0.5) is 0 Å².